The second-order valence-electron chi connectivity index (χ2n) is 9.29. The molecule has 1 atom stereocenters. The average Bonchev–Trinajstić information content (AvgIpc) is 3.19. The second kappa shape index (κ2) is 7.89. The van der Waals surface area contributed by atoms with Gasteiger partial charge in [0.15, 0.2) is 0 Å². The number of methoxy groups -OCH3 is 1. The molecule has 8 heteroatoms. The molecular formula is C26H26ClN3O4. The summed E-state index contributed by atoms with van der Waals surface area (Å²) in [6.07, 6.45) is -0.496. The van der Waals surface area contributed by atoms with E-state index in [1.165, 1.54) is 7.05 Å². The van der Waals surface area contributed by atoms with E-state index in [-0.39, 0.29) is 11.2 Å². The van der Waals surface area contributed by atoms with Gasteiger partial charge in [0, 0.05) is 19.1 Å². The van der Waals surface area contributed by atoms with Gasteiger partial charge in [-0.1, -0.05) is 35.9 Å². The third kappa shape index (κ3) is 3.22. The number of nitrogens with zero attached hydrogens (tertiary/aromatic N) is 3. The third-order valence-corrected chi connectivity index (χ3v) is 6.83. The van der Waals surface area contributed by atoms with Gasteiger partial charge in [0.25, 0.3) is 5.56 Å². The molecule has 0 spiro atoms. The van der Waals surface area contributed by atoms with Gasteiger partial charge in [-0.25, -0.2) is 4.79 Å². The second-order valence-corrected chi connectivity index (χ2v) is 9.72. The Kier molecular flexibility index (Phi) is 5.22. The van der Waals surface area contributed by atoms with Gasteiger partial charge in [0.05, 0.1) is 41.5 Å². The first-order valence-corrected chi connectivity index (χ1v) is 11.4. The number of aryl methyl sites for hydroxylation is 1. The smallest absolute Gasteiger partial charge is 0.331 e. The van der Waals surface area contributed by atoms with Crippen molar-refractivity contribution in [3.63, 3.8) is 0 Å². The van der Waals surface area contributed by atoms with E-state index in [0.29, 0.717) is 28.3 Å². The van der Waals surface area contributed by atoms with Crippen LogP contribution < -0.4 is 16.0 Å². The van der Waals surface area contributed by atoms with Crippen molar-refractivity contribution in [3.05, 3.63) is 85.6 Å². The van der Waals surface area contributed by atoms with Crippen LogP contribution in [0.4, 0.5) is 0 Å². The number of benzene rings is 2. The summed E-state index contributed by atoms with van der Waals surface area (Å²) < 4.78 is 16.7. The molecule has 4 aromatic rings. The van der Waals surface area contributed by atoms with Crippen molar-refractivity contribution in [3.8, 4) is 17.0 Å². The summed E-state index contributed by atoms with van der Waals surface area (Å²) in [4.78, 5) is 26.6. The molecule has 0 saturated carbocycles. The Hall–Kier alpha value is -3.29. The largest absolute Gasteiger partial charge is 0.497 e. The maximum Gasteiger partial charge on any atom is 0.331 e. The molecule has 0 radical (unpaired) electrons. The van der Waals surface area contributed by atoms with E-state index in [1.807, 2.05) is 36.4 Å². The minimum atomic E-state index is -0.496. The molecule has 34 heavy (non-hydrogen) atoms. The first-order chi connectivity index (χ1) is 16.2. The standard InChI is InChI=1S/C26H26ClN3O4/c1-26(2)14-34-23(16-7-6-8-18(13-16)33-5)22-21-19(24(31)29(4)25(32)28(21)3)20(30(22)26)15-9-11-17(27)12-10-15/h6-13,23H,14H2,1-5H3. The fraction of sp³-hybridized carbons (Fsp3) is 0.308. The molecule has 5 rings (SSSR count). The van der Waals surface area contributed by atoms with Crippen LogP contribution >= 0.6 is 11.6 Å². The normalized spacial score (nSPS) is 17.1. The van der Waals surface area contributed by atoms with Crippen LogP contribution in [-0.2, 0) is 24.4 Å². The van der Waals surface area contributed by atoms with Gasteiger partial charge in [-0.15, -0.1) is 0 Å². The molecule has 0 saturated heterocycles. The Morgan fingerprint density at radius 1 is 1.06 bits per heavy atom. The predicted molar refractivity (Wildman–Crippen MR) is 133 cm³/mol. The highest BCUT2D eigenvalue weighted by Crippen LogP contribution is 2.45. The number of halogens is 1. The summed E-state index contributed by atoms with van der Waals surface area (Å²) >= 11 is 6.18. The highest BCUT2D eigenvalue weighted by atomic mass is 35.5. The molecule has 1 aliphatic heterocycles. The third-order valence-electron chi connectivity index (χ3n) is 6.58. The van der Waals surface area contributed by atoms with Crippen LogP contribution in [0, 0.1) is 0 Å². The molecule has 0 aliphatic carbocycles. The molecule has 7 nitrogen and oxygen atoms in total. The number of aromatic nitrogens is 3. The number of ether oxygens (including phenoxy) is 2. The number of hydrogen-bond acceptors (Lipinski definition) is 4. The summed E-state index contributed by atoms with van der Waals surface area (Å²) in [6.45, 7) is 4.55. The highest BCUT2D eigenvalue weighted by Gasteiger charge is 2.40. The lowest BCUT2D eigenvalue weighted by Crippen LogP contribution is -2.40. The molecule has 1 aliphatic rings. The minimum absolute atomic E-state index is 0.342. The first-order valence-electron chi connectivity index (χ1n) is 11.0. The lowest BCUT2D eigenvalue weighted by Gasteiger charge is -2.39. The Labute approximate surface area is 201 Å². The van der Waals surface area contributed by atoms with Gasteiger partial charge in [0.2, 0.25) is 0 Å². The Morgan fingerprint density at radius 2 is 1.76 bits per heavy atom. The van der Waals surface area contributed by atoms with E-state index in [1.54, 1.807) is 30.9 Å². The molecule has 2 aromatic heterocycles. The van der Waals surface area contributed by atoms with Crippen LogP contribution in [0.25, 0.3) is 22.2 Å². The predicted octanol–water partition coefficient (Wildman–Crippen LogP) is 4.22. The minimum Gasteiger partial charge on any atom is -0.497 e. The van der Waals surface area contributed by atoms with Crippen molar-refractivity contribution in [1.82, 2.24) is 13.7 Å². The first kappa shape index (κ1) is 22.5. The van der Waals surface area contributed by atoms with Gasteiger partial charge in [-0.2, -0.15) is 0 Å². The lowest BCUT2D eigenvalue weighted by molar-refractivity contribution is -0.00714. The molecular weight excluding hydrogens is 454 g/mol. The maximum atomic E-state index is 13.6. The summed E-state index contributed by atoms with van der Waals surface area (Å²) in [5.74, 6) is 0.705. The van der Waals surface area contributed by atoms with Gasteiger partial charge in [0.1, 0.15) is 11.9 Å². The van der Waals surface area contributed by atoms with E-state index < -0.39 is 11.6 Å². The number of hydrogen-bond donors (Lipinski definition) is 0. The van der Waals surface area contributed by atoms with Crippen LogP contribution in [0.5, 0.6) is 5.75 Å². The molecule has 3 heterocycles. The average molecular weight is 480 g/mol. The Morgan fingerprint density at radius 3 is 2.44 bits per heavy atom. The topological polar surface area (TPSA) is 67.4 Å². The SMILES string of the molecule is COc1cccc(C2OCC(C)(C)n3c(-c4ccc(Cl)cc4)c4c(=O)n(C)c(=O)n(C)c4c32)c1. The molecule has 0 bridgehead atoms. The van der Waals surface area contributed by atoms with E-state index >= 15 is 0 Å². The monoisotopic (exact) mass is 479 g/mol. The van der Waals surface area contributed by atoms with Crippen molar-refractivity contribution in [2.45, 2.75) is 25.5 Å². The number of fused-ring (bicyclic) bond motifs is 3. The molecule has 0 N–H and O–H groups in total. The summed E-state index contributed by atoms with van der Waals surface area (Å²) in [5.41, 5.74) is 2.59. The fourth-order valence-electron chi connectivity index (χ4n) is 4.94. The molecule has 1 unspecified atom stereocenters. The van der Waals surface area contributed by atoms with Gasteiger partial charge >= 0.3 is 5.69 Å². The summed E-state index contributed by atoms with van der Waals surface area (Å²) in [6, 6.07) is 15.1. The number of rotatable bonds is 3. The highest BCUT2D eigenvalue weighted by molar-refractivity contribution is 6.30. The Balaban J connectivity index is 1.99. The van der Waals surface area contributed by atoms with Gasteiger partial charge in [-0.3, -0.25) is 13.9 Å². The summed E-state index contributed by atoms with van der Waals surface area (Å²) in [5, 5.41) is 1.09. The molecule has 0 fully saturated rings. The lowest BCUT2D eigenvalue weighted by atomic mass is 9.98. The van der Waals surface area contributed by atoms with Crippen molar-refractivity contribution in [1.29, 1.82) is 0 Å². The zero-order valence-electron chi connectivity index (χ0n) is 19.8. The Bertz CT molecular complexity index is 1540. The van der Waals surface area contributed by atoms with Gasteiger partial charge in [-0.05, 0) is 49.2 Å². The van der Waals surface area contributed by atoms with Crippen molar-refractivity contribution in [2.24, 2.45) is 14.1 Å². The van der Waals surface area contributed by atoms with Crippen LogP contribution in [0.3, 0.4) is 0 Å². The maximum absolute atomic E-state index is 13.6. The van der Waals surface area contributed by atoms with Crippen molar-refractivity contribution < 1.29 is 9.47 Å². The zero-order chi connectivity index (χ0) is 24.4. The van der Waals surface area contributed by atoms with E-state index in [9.17, 15) is 9.59 Å². The molecule has 0 amide bonds. The van der Waals surface area contributed by atoms with Crippen LogP contribution in [-0.4, -0.2) is 27.4 Å². The van der Waals surface area contributed by atoms with E-state index in [4.69, 9.17) is 21.1 Å². The van der Waals surface area contributed by atoms with E-state index in [0.717, 1.165) is 27.1 Å². The fourth-order valence-corrected chi connectivity index (χ4v) is 5.06. The van der Waals surface area contributed by atoms with E-state index in [2.05, 4.69) is 18.4 Å². The van der Waals surface area contributed by atoms with Crippen LogP contribution in [0.1, 0.15) is 31.2 Å². The van der Waals surface area contributed by atoms with Gasteiger partial charge < -0.3 is 14.0 Å². The molecule has 2 aromatic carbocycles. The summed E-state index contributed by atoms with van der Waals surface area (Å²) in [7, 11) is 4.82. The van der Waals surface area contributed by atoms with Crippen molar-refractivity contribution in [2.75, 3.05) is 13.7 Å². The van der Waals surface area contributed by atoms with Crippen LogP contribution in [0.15, 0.2) is 58.1 Å². The quantitative estimate of drug-likeness (QED) is 0.441. The molecule has 176 valence electrons. The zero-order valence-corrected chi connectivity index (χ0v) is 20.5. The van der Waals surface area contributed by atoms with Crippen LogP contribution in [0.2, 0.25) is 5.02 Å². The van der Waals surface area contributed by atoms with Crippen molar-refractivity contribution >= 4 is 22.5 Å².